The number of hydroxylamine groups is 2. The third-order valence-electron chi connectivity index (χ3n) is 6.44. The van der Waals surface area contributed by atoms with Crippen LogP contribution in [0.4, 0.5) is 10.5 Å². The number of amides is 2. The molecule has 10 heteroatoms. The van der Waals surface area contributed by atoms with Crippen LogP contribution in [-0.2, 0) is 24.0 Å². The molecular weight excluding hydrogens is 444 g/mol. The normalized spacial score (nSPS) is 24.6. The number of allylic oxidation sites excluding steroid dienone is 1. The molecule has 2 amide bonds. The first-order chi connectivity index (χ1) is 16.1. The summed E-state index contributed by atoms with van der Waals surface area (Å²) in [6.45, 7) is 3.66. The number of ketones is 1. The quantitative estimate of drug-likeness (QED) is 0.188. The van der Waals surface area contributed by atoms with Gasteiger partial charge in [0.1, 0.15) is 11.9 Å². The summed E-state index contributed by atoms with van der Waals surface area (Å²) in [6.07, 6.45) is 3.76. The first-order valence-corrected chi connectivity index (χ1v) is 11.3. The minimum absolute atomic E-state index is 0.00417. The van der Waals surface area contributed by atoms with Crippen molar-refractivity contribution in [2.45, 2.75) is 70.8 Å². The molecule has 1 fully saturated rings. The maximum Gasteiger partial charge on any atom is 0.534 e. The smallest absolute Gasteiger partial charge is 0.425 e. The van der Waals surface area contributed by atoms with Crippen LogP contribution in [0, 0.1) is 15.5 Å². The maximum atomic E-state index is 13.3. The van der Waals surface area contributed by atoms with Crippen LogP contribution in [0.25, 0.3) is 0 Å². The van der Waals surface area contributed by atoms with E-state index in [-0.39, 0.29) is 36.7 Å². The zero-order valence-electron chi connectivity index (χ0n) is 19.2. The van der Waals surface area contributed by atoms with Crippen LogP contribution in [0.3, 0.4) is 0 Å². The van der Waals surface area contributed by atoms with Crippen molar-refractivity contribution in [1.29, 1.82) is 0 Å². The topological polar surface area (TPSA) is 133 Å². The third-order valence-corrected chi connectivity index (χ3v) is 6.44. The zero-order chi connectivity index (χ0) is 24.9. The molecule has 0 spiro atoms. The van der Waals surface area contributed by atoms with Crippen molar-refractivity contribution in [2.75, 3.05) is 0 Å². The predicted octanol–water partition coefficient (Wildman–Crippen LogP) is 4.38. The Morgan fingerprint density at radius 1 is 1.21 bits per heavy atom. The number of benzene rings is 1. The Labute approximate surface area is 197 Å². The maximum absolute atomic E-state index is 13.3. The lowest BCUT2D eigenvalue weighted by molar-refractivity contribution is -0.385. The van der Waals surface area contributed by atoms with Crippen LogP contribution in [0.2, 0.25) is 0 Å². The standard InChI is InChI=1S/C24H28N2O8/c1-16(18-8-3-4-9-19(18)26(31)32)15-20(27)24(2)13-6-5-7-17(12-14-24)33-23(30)34-25-21(28)10-11-22(25)29/h3-5,7-9,16-17H,6,10-15H2,1-2H3/b7-5+/t16?,17-,24+/m0/s1. The van der Waals surface area contributed by atoms with Gasteiger partial charge in [0.25, 0.3) is 17.5 Å². The molecule has 0 saturated carbocycles. The van der Waals surface area contributed by atoms with Gasteiger partial charge in [-0.25, -0.2) is 4.79 Å². The highest BCUT2D eigenvalue weighted by atomic mass is 16.8. The van der Waals surface area contributed by atoms with Crippen molar-refractivity contribution >= 4 is 29.4 Å². The lowest BCUT2D eigenvalue weighted by Gasteiger charge is -2.31. The summed E-state index contributed by atoms with van der Waals surface area (Å²) in [7, 11) is 0. The molecule has 0 aromatic heterocycles. The Kier molecular flexibility index (Phi) is 7.80. The first kappa shape index (κ1) is 25.1. The summed E-state index contributed by atoms with van der Waals surface area (Å²) in [4.78, 5) is 64.2. The number of nitro groups is 1. The summed E-state index contributed by atoms with van der Waals surface area (Å²) >= 11 is 0. The highest BCUT2D eigenvalue weighted by Gasteiger charge is 2.37. The van der Waals surface area contributed by atoms with Crippen LogP contribution in [0.5, 0.6) is 0 Å². The van der Waals surface area contributed by atoms with E-state index in [4.69, 9.17) is 9.57 Å². The van der Waals surface area contributed by atoms with E-state index in [1.54, 1.807) is 31.2 Å². The Hall–Kier alpha value is -3.56. The van der Waals surface area contributed by atoms with Gasteiger partial charge in [-0.3, -0.25) is 29.3 Å². The highest BCUT2D eigenvalue weighted by Crippen LogP contribution is 2.38. The van der Waals surface area contributed by atoms with Gasteiger partial charge in [-0.2, -0.15) is 0 Å². The number of carbonyl (C=O) groups is 4. The van der Waals surface area contributed by atoms with E-state index in [0.29, 0.717) is 36.3 Å². The fourth-order valence-electron chi connectivity index (χ4n) is 4.29. The number of ether oxygens (including phenoxy) is 1. The fourth-order valence-corrected chi connectivity index (χ4v) is 4.29. The average molecular weight is 472 g/mol. The van der Waals surface area contributed by atoms with Crippen molar-refractivity contribution in [2.24, 2.45) is 5.41 Å². The largest absolute Gasteiger partial charge is 0.534 e. The molecule has 1 aliphatic carbocycles. The molecule has 10 nitrogen and oxygen atoms in total. The second-order valence-electron chi connectivity index (χ2n) is 8.99. The molecule has 3 rings (SSSR count). The number of nitro benzene ring substituents is 1. The molecule has 0 N–H and O–H groups in total. The van der Waals surface area contributed by atoms with Gasteiger partial charge in [0.2, 0.25) is 0 Å². The average Bonchev–Trinajstić information content (AvgIpc) is 3.10. The second kappa shape index (κ2) is 10.6. The second-order valence-corrected chi connectivity index (χ2v) is 8.99. The van der Waals surface area contributed by atoms with Crippen molar-refractivity contribution in [3.63, 3.8) is 0 Å². The number of rotatable bonds is 7. The first-order valence-electron chi connectivity index (χ1n) is 11.3. The zero-order valence-corrected chi connectivity index (χ0v) is 19.2. The van der Waals surface area contributed by atoms with Crippen molar-refractivity contribution in [3.8, 4) is 0 Å². The van der Waals surface area contributed by atoms with Gasteiger partial charge in [-0.1, -0.05) is 43.2 Å². The van der Waals surface area contributed by atoms with Gasteiger partial charge in [-0.15, -0.1) is 0 Å². The SMILES string of the molecule is CC(CC(=O)[C@]1(C)CC/C=C/[C@H](OC(=O)ON2C(=O)CCC2=O)CC1)c1ccccc1[N+](=O)[O-]. The highest BCUT2D eigenvalue weighted by molar-refractivity contribution is 6.01. The fraction of sp³-hybridized carbons (Fsp3) is 0.500. The molecule has 3 atom stereocenters. The van der Waals surface area contributed by atoms with Crippen LogP contribution in [0.1, 0.15) is 70.3 Å². The van der Waals surface area contributed by atoms with Gasteiger partial charge in [0.15, 0.2) is 0 Å². The predicted molar refractivity (Wildman–Crippen MR) is 119 cm³/mol. The molecule has 2 aliphatic rings. The molecule has 182 valence electrons. The van der Waals surface area contributed by atoms with Crippen molar-refractivity contribution in [3.05, 3.63) is 52.1 Å². The molecule has 0 bridgehead atoms. The molecular formula is C24H28N2O8. The number of nitrogens with zero attached hydrogens (tertiary/aromatic N) is 2. The summed E-state index contributed by atoms with van der Waals surface area (Å²) < 4.78 is 5.27. The van der Waals surface area contributed by atoms with E-state index in [1.165, 1.54) is 6.07 Å². The van der Waals surface area contributed by atoms with E-state index in [9.17, 15) is 29.3 Å². The molecule has 0 radical (unpaired) electrons. The molecule has 1 aromatic carbocycles. The Balaban J connectivity index is 1.61. The van der Waals surface area contributed by atoms with E-state index < -0.39 is 34.4 Å². The number of carbonyl (C=O) groups excluding carboxylic acids is 4. The van der Waals surface area contributed by atoms with Gasteiger partial charge in [0, 0.05) is 36.3 Å². The Morgan fingerprint density at radius 3 is 2.56 bits per heavy atom. The summed E-state index contributed by atoms with van der Waals surface area (Å²) in [5, 5.41) is 11.8. The monoisotopic (exact) mass is 472 g/mol. The van der Waals surface area contributed by atoms with Crippen LogP contribution < -0.4 is 0 Å². The van der Waals surface area contributed by atoms with Crippen molar-refractivity contribution < 1.29 is 33.7 Å². The van der Waals surface area contributed by atoms with Crippen LogP contribution in [0.15, 0.2) is 36.4 Å². The van der Waals surface area contributed by atoms with Crippen LogP contribution in [-0.4, -0.2) is 39.8 Å². The number of hydrogen-bond acceptors (Lipinski definition) is 8. The number of Topliss-reactive ketones (excluding diaryl/α,β-unsaturated/α-hetero) is 1. The number of para-hydroxylation sites is 1. The number of hydrogen-bond donors (Lipinski definition) is 0. The number of imide groups is 1. The molecule has 1 aliphatic heterocycles. The van der Waals surface area contributed by atoms with E-state index in [0.717, 1.165) is 0 Å². The van der Waals surface area contributed by atoms with Crippen LogP contribution >= 0.6 is 0 Å². The minimum Gasteiger partial charge on any atom is -0.425 e. The van der Waals surface area contributed by atoms with Crippen molar-refractivity contribution in [1.82, 2.24) is 5.06 Å². The lowest BCUT2D eigenvalue weighted by Crippen LogP contribution is -2.34. The van der Waals surface area contributed by atoms with E-state index in [1.807, 2.05) is 13.0 Å². The van der Waals surface area contributed by atoms with Gasteiger partial charge in [-0.05, 0) is 37.7 Å². The summed E-state index contributed by atoms with van der Waals surface area (Å²) in [5.74, 6) is -1.53. The van der Waals surface area contributed by atoms with E-state index in [2.05, 4.69) is 0 Å². The third kappa shape index (κ3) is 5.86. The van der Waals surface area contributed by atoms with Gasteiger partial charge in [0.05, 0.1) is 4.92 Å². The molecule has 1 unspecified atom stereocenters. The lowest BCUT2D eigenvalue weighted by atomic mass is 9.72. The Bertz CT molecular complexity index is 1000. The summed E-state index contributed by atoms with van der Waals surface area (Å²) in [5.41, 5.74) is -0.185. The van der Waals surface area contributed by atoms with Gasteiger partial charge >= 0.3 is 6.16 Å². The summed E-state index contributed by atoms with van der Waals surface area (Å²) in [6, 6.07) is 6.42. The minimum atomic E-state index is -1.16. The van der Waals surface area contributed by atoms with E-state index >= 15 is 0 Å². The Morgan fingerprint density at radius 2 is 1.88 bits per heavy atom. The molecule has 1 aromatic rings. The molecule has 1 heterocycles. The molecule has 1 saturated heterocycles. The molecule has 34 heavy (non-hydrogen) atoms. The van der Waals surface area contributed by atoms with Gasteiger partial charge < -0.3 is 4.74 Å².